The molecule has 0 fully saturated rings. The number of terminal acetylenes is 1. The molecule has 0 aliphatic rings. The van der Waals surface area contributed by atoms with Crippen LogP contribution >= 0.6 is 22.7 Å². The van der Waals surface area contributed by atoms with Crippen LogP contribution in [0.2, 0.25) is 0 Å². The molecular formula is C32H29N7O6S2. The van der Waals surface area contributed by atoms with Gasteiger partial charge in [-0.1, -0.05) is 28.6 Å². The van der Waals surface area contributed by atoms with Gasteiger partial charge >= 0.3 is 12.2 Å². The van der Waals surface area contributed by atoms with Gasteiger partial charge in [-0.2, -0.15) is 0 Å². The number of hydrogen-bond acceptors (Lipinski definition) is 12. The first-order valence-electron chi connectivity index (χ1n) is 13.8. The molecule has 0 aliphatic heterocycles. The molecule has 0 aliphatic carbocycles. The van der Waals surface area contributed by atoms with Gasteiger partial charge in [-0.3, -0.25) is 29.9 Å². The zero-order valence-corrected chi connectivity index (χ0v) is 27.6. The second kappa shape index (κ2) is 15.5. The van der Waals surface area contributed by atoms with E-state index in [1.54, 1.807) is 52.7 Å². The van der Waals surface area contributed by atoms with Crippen LogP contribution < -0.4 is 14.5 Å². The van der Waals surface area contributed by atoms with E-state index in [0.29, 0.717) is 10.7 Å². The summed E-state index contributed by atoms with van der Waals surface area (Å²) in [6.07, 6.45) is 10.4. The average Bonchev–Trinajstić information content (AvgIpc) is 3.67. The summed E-state index contributed by atoms with van der Waals surface area (Å²) in [6.45, 7) is 5.30. The number of rotatable bonds is 7. The van der Waals surface area contributed by atoms with Gasteiger partial charge in [0.2, 0.25) is 0 Å². The van der Waals surface area contributed by atoms with Gasteiger partial charge in [-0.05, 0) is 57.2 Å². The molecule has 15 heteroatoms. The number of nitro groups is 1. The van der Waals surface area contributed by atoms with E-state index in [2.05, 4.69) is 25.9 Å². The van der Waals surface area contributed by atoms with Crippen LogP contribution in [-0.2, 0) is 4.74 Å². The smallest absolute Gasteiger partial charge is 0.420 e. The number of amides is 2. The van der Waals surface area contributed by atoms with Crippen molar-refractivity contribution in [2.24, 2.45) is 0 Å². The Hall–Kier alpha value is -5.72. The lowest BCUT2D eigenvalue weighted by molar-refractivity contribution is -0.384. The van der Waals surface area contributed by atoms with Gasteiger partial charge < -0.3 is 9.47 Å². The number of aromatic nitrogens is 4. The molecule has 1 aromatic carbocycles. The topological polar surface area (TPSA) is 154 Å². The Labute approximate surface area is 278 Å². The van der Waals surface area contributed by atoms with Gasteiger partial charge in [0.1, 0.15) is 25.8 Å². The van der Waals surface area contributed by atoms with E-state index in [0.717, 1.165) is 31.8 Å². The van der Waals surface area contributed by atoms with Gasteiger partial charge in [0.15, 0.2) is 6.10 Å². The predicted octanol–water partition coefficient (Wildman–Crippen LogP) is 7.16. The largest absolute Gasteiger partial charge is 0.433 e. The Morgan fingerprint density at radius 1 is 0.872 bits per heavy atom. The number of ether oxygens (including phenoxy) is 2. The third kappa shape index (κ3) is 8.72. The molecule has 0 saturated carbocycles. The molecule has 4 heterocycles. The SMILES string of the molecule is C#CC(C)OC(=O)N(C)c1sc(-c2cccnc2)nc1C.Cc1nc(-c2cccnc2)sc1N(C)C(=O)Oc1ccc([N+](=O)[O-])cc1. The lowest BCUT2D eigenvalue weighted by atomic mass is 10.3. The summed E-state index contributed by atoms with van der Waals surface area (Å²) in [5.74, 6) is 2.58. The lowest BCUT2D eigenvalue weighted by Crippen LogP contribution is -2.29. The van der Waals surface area contributed by atoms with Crippen molar-refractivity contribution in [2.45, 2.75) is 26.9 Å². The van der Waals surface area contributed by atoms with Crippen molar-refractivity contribution in [3.05, 3.63) is 94.8 Å². The van der Waals surface area contributed by atoms with Crippen LogP contribution in [0.5, 0.6) is 5.75 Å². The Morgan fingerprint density at radius 2 is 1.36 bits per heavy atom. The first-order chi connectivity index (χ1) is 22.5. The van der Waals surface area contributed by atoms with Crippen LogP contribution in [0.1, 0.15) is 18.3 Å². The van der Waals surface area contributed by atoms with Crippen molar-refractivity contribution in [1.29, 1.82) is 0 Å². The van der Waals surface area contributed by atoms with E-state index < -0.39 is 23.2 Å². The Balaban J connectivity index is 0.000000218. The van der Waals surface area contributed by atoms with Crippen LogP contribution in [0.25, 0.3) is 21.1 Å². The molecule has 1 atom stereocenters. The van der Waals surface area contributed by atoms with E-state index in [1.165, 1.54) is 56.7 Å². The first kappa shape index (κ1) is 34.2. The molecule has 0 saturated heterocycles. The minimum absolute atomic E-state index is 0.0717. The first-order valence-corrected chi connectivity index (χ1v) is 15.5. The molecular weight excluding hydrogens is 643 g/mol. The maximum Gasteiger partial charge on any atom is 0.420 e. The summed E-state index contributed by atoms with van der Waals surface area (Å²) < 4.78 is 10.4. The quantitative estimate of drug-likeness (QED) is 0.0989. The van der Waals surface area contributed by atoms with Crippen LogP contribution in [0.15, 0.2) is 73.3 Å². The molecule has 5 rings (SSSR count). The summed E-state index contributed by atoms with van der Waals surface area (Å²) in [4.78, 5) is 54.4. The van der Waals surface area contributed by atoms with Crippen LogP contribution in [-0.4, -0.2) is 57.2 Å². The number of pyridine rings is 2. The highest BCUT2D eigenvalue weighted by Gasteiger charge is 2.22. The fourth-order valence-corrected chi connectivity index (χ4v) is 5.88. The zero-order valence-electron chi connectivity index (χ0n) is 26.0. The highest BCUT2D eigenvalue weighted by Crippen LogP contribution is 2.35. The standard InChI is InChI=1S/C17H14N4O4S.C15H15N3O2S/c1-11-16(26-15(19-11)12-4-3-9-18-10-12)20(2)17(22)25-14-7-5-13(6-8-14)21(23)24;1-5-10(2)20-15(19)18(4)14-11(3)17-13(21-14)12-7-6-8-16-9-12/h3-10H,1-2H3;1,6-10H,2-4H3. The van der Waals surface area contributed by atoms with E-state index in [9.17, 15) is 19.7 Å². The molecule has 0 spiro atoms. The van der Waals surface area contributed by atoms with Gasteiger partial charge in [-0.15, -0.1) is 6.42 Å². The molecule has 0 N–H and O–H groups in total. The van der Waals surface area contributed by atoms with Gasteiger partial charge in [-0.25, -0.2) is 19.6 Å². The summed E-state index contributed by atoms with van der Waals surface area (Å²) in [6, 6.07) is 12.8. The molecule has 0 radical (unpaired) electrons. The predicted molar refractivity (Wildman–Crippen MR) is 181 cm³/mol. The number of thiazole rings is 2. The highest BCUT2D eigenvalue weighted by molar-refractivity contribution is 7.19. The summed E-state index contributed by atoms with van der Waals surface area (Å²) >= 11 is 2.76. The van der Waals surface area contributed by atoms with E-state index in [-0.39, 0.29) is 11.4 Å². The summed E-state index contributed by atoms with van der Waals surface area (Å²) in [5.41, 5.74) is 3.15. The summed E-state index contributed by atoms with van der Waals surface area (Å²) in [7, 11) is 3.22. The van der Waals surface area contributed by atoms with Crippen molar-refractivity contribution in [2.75, 3.05) is 23.9 Å². The number of carbonyl (C=O) groups excluding carboxylic acids is 2. The number of anilines is 2. The Morgan fingerprint density at radius 3 is 1.79 bits per heavy atom. The molecule has 13 nitrogen and oxygen atoms in total. The van der Waals surface area contributed by atoms with Crippen LogP contribution in [0.3, 0.4) is 0 Å². The van der Waals surface area contributed by atoms with Gasteiger partial charge in [0.05, 0.1) is 16.3 Å². The normalized spacial score (nSPS) is 10.9. The molecule has 2 amide bonds. The maximum atomic E-state index is 12.4. The van der Waals surface area contributed by atoms with Crippen molar-refractivity contribution in [1.82, 2.24) is 19.9 Å². The number of nitro benzene ring substituents is 1. The Bertz CT molecular complexity index is 1890. The number of hydrogen-bond donors (Lipinski definition) is 0. The van der Waals surface area contributed by atoms with Crippen molar-refractivity contribution >= 4 is 50.5 Å². The molecule has 0 bridgehead atoms. The number of nitrogens with zero attached hydrogens (tertiary/aromatic N) is 7. The minimum Gasteiger partial charge on any atom is -0.433 e. The average molecular weight is 672 g/mol. The molecule has 5 aromatic rings. The van der Waals surface area contributed by atoms with E-state index in [1.807, 2.05) is 31.2 Å². The Kier molecular flexibility index (Phi) is 11.3. The van der Waals surface area contributed by atoms with E-state index in [4.69, 9.17) is 15.9 Å². The van der Waals surface area contributed by atoms with Crippen molar-refractivity contribution in [3.8, 4) is 39.2 Å². The van der Waals surface area contributed by atoms with Crippen LogP contribution in [0, 0.1) is 36.3 Å². The monoisotopic (exact) mass is 671 g/mol. The van der Waals surface area contributed by atoms with Gasteiger partial charge in [0.25, 0.3) is 5.69 Å². The fourth-order valence-electron chi connectivity index (χ4n) is 3.86. The lowest BCUT2D eigenvalue weighted by Gasteiger charge is -2.16. The molecule has 4 aromatic heterocycles. The fraction of sp³-hybridized carbons (Fsp3) is 0.188. The molecule has 240 valence electrons. The third-order valence-corrected chi connectivity index (χ3v) is 8.85. The summed E-state index contributed by atoms with van der Waals surface area (Å²) in [5, 5.41) is 13.6. The zero-order chi connectivity index (χ0) is 34.1. The van der Waals surface area contributed by atoms with Gasteiger partial charge in [0, 0.05) is 62.1 Å². The third-order valence-electron chi connectivity index (χ3n) is 6.28. The van der Waals surface area contributed by atoms with Crippen molar-refractivity contribution < 1.29 is 24.0 Å². The number of aryl methyl sites for hydroxylation is 2. The van der Waals surface area contributed by atoms with E-state index >= 15 is 0 Å². The van der Waals surface area contributed by atoms with Crippen LogP contribution in [0.4, 0.5) is 25.3 Å². The second-order valence-corrected chi connectivity index (χ2v) is 11.7. The molecule has 47 heavy (non-hydrogen) atoms. The van der Waals surface area contributed by atoms with Crippen molar-refractivity contribution in [3.63, 3.8) is 0 Å². The minimum atomic E-state index is -0.608. The maximum absolute atomic E-state index is 12.4. The second-order valence-electron chi connectivity index (χ2n) is 9.73. The number of non-ortho nitro benzene ring substituents is 1. The molecule has 1 unspecified atom stereocenters. The number of carbonyl (C=O) groups is 2. The highest BCUT2D eigenvalue weighted by atomic mass is 32.1. The number of benzene rings is 1.